The minimum atomic E-state index is -0.223. The van der Waals surface area contributed by atoms with Crippen molar-refractivity contribution < 1.29 is 4.39 Å². The molecule has 0 fully saturated rings. The van der Waals surface area contributed by atoms with E-state index in [4.69, 9.17) is 5.84 Å². The Bertz CT molecular complexity index is 555. The Hall–Kier alpha value is -1.23. The lowest BCUT2D eigenvalue weighted by Gasteiger charge is -2.19. The molecule has 3 N–H and O–H groups in total. The minimum absolute atomic E-state index is 0.00274. The second kappa shape index (κ2) is 6.28. The first kappa shape index (κ1) is 14.2. The summed E-state index contributed by atoms with van der Waals surface area (Å²) in [7, 11) is 0. The first-order chi connectivity index (χ1) is 9.10. The van der Waals surface area contributed by atoms with Gasteiger partial charge in [-0.2, -0.15) is 0 Å². The highest BCUT2D eigenvalue weighted by Gasteiger charge is 2.13. The highest BCUT2D eigenvalue weighted by Crippen LogP contribution is 2.24. The first-order valence-electron chi connectivity index (χ1n) is 6.07. The van der Waals surface area contributed by atoms with Crippen molar-refractivity contribution in [2.45, 2.75) is 19.4 Å². The predicted octanol–water partition coefficient (Wildman–Crippen LogP) is 3.64. The van der Waals surface area contributed by atoms with Crippen LogP contribution in [0.1, 0.15) is 22.7 Å². The van der Waals surface area contributed by atoms with Gasteiger partial charge in [-0.1, -0.05) is 34.1 Å². The van der Waals surface area contributed by atoms with Gasteiger partial charge in [-0.25, -0.2) is 4.39 Å². The highest BCUT2D eigenvalue weighted by molar-refractivity contribution is 9.10. The van der Waals surface area contributed by atoms with Crippen molar-refractivity contribution in [1.29, 1.82) is 0 Å². The topological polar surface area (TPSA) is 38.0 Å². The highest BCUT2D eigenvalue weighted by atomic mass is 79.9. The fourth-order valence-corrected chi connectivity index (χ4v) is 2.48. The average molecular weight is 323 g/mol. The number of hydrogen-bond acceptors (Lipinski definition) is 2. The van der Waals surface area contributed by atoms with E-state index in [2.05, 4.69) is 40.4 Å². The second-order valence-corrected chi connectivity index (χ2v) is 5.47. The van der Waals surface area contributed by atoms with Gasteiger partial charge >= 0.3 is 0 Å². The number of benzene rings is 2. The molecule has 0 spiro atoms. The Kier molecular flexibility index (Phi) is 4.69. The number of aryl methyl sites for hydroxylation is 1. The quantitative estimate of drug-likeness (QED) is 0.666. The van der Waals surface area contributed by atoms with Crippen LogP contribution in [0, 0.1) is 12.7 Å². The van der Waals surface area contributed by atoms with Crippen LogP contribution in [0.15, 0.2) is 46.9 Å². The van der Waals surface area contributed by atoms with Crippen molar-refractivity contribution >= 4 is 15.9 Å². The number of nitrogens with two attached hydrogens (primary N) is 1. The van der Waals surface area contributed by atoms with Gasteiger partial charge in [0.25, 0.3) is 0 Å². The summed E-state index contributed by atoms with van der Waals surface area (Å²) in [4.78, 5) is 0. The first-order valence-corrected chi connectivity index (χ1v) is 6.86. The van der Waals surface area contributed by atoms with Crippen molar-refractivity contribution in [2.75, 3.05) is 0 Å². The molecule has 4 heteroatoms. The summed E-state index contributed by atoms with van der Waals surface area (Å²) in [5.41, 5.74) is 6.19. The largest absolute Gasteiger partial charge is 0.271 e. The van der Waals surface area contributed by atoms with E-state index in [-0.39, 0.29) is 11.9 Å². The summed E-state index contributed by atoms with van der Waals surface area (Å²) < 4.78 is 13.9. The summed E-state index contributed by atoms with van der Waals surface area (Å²) in [6.45, 7) is 2.05. The molecule has 2 rings (SSSR count). The lowest BCUT2D eigenvalue weighted by molar-refractivity contribution is 0.548. The normalized spacial score (nSPS) is 12.4. The van der Waals surface area contributed by atoms with Gasteiger partial charge in [0.05, 0.1) is 6.04 Å². The molecule has 100 valence electrons. The molecule has 0 amide bonds. The third-order valence-electron chi connectivity index (χ3n) is 3.17. The lowest BCUT2D eigenvalue weighted by Crippen LogP contribution is -2.30. The van der Waals surface area contributed by atoms with Crippen LogP contribution in [0.2, 0.25) is 0 Å². The van der Waals surface area contributed by atoms with Crippen LogP contribution >= 0.6 is 15.9 Å². The van der Waals surface area contributed by atoms with E-state index in [1.807, 2.05) is 6.07 Å². The number of rotatable bonds is 4. The van der Waals surface area contributed by atoms with Crippen LogP contribution in [0.25, 0.3) is 0 Å². The van der Waals surface area contributed by atoms with Crippen LogP contribution in [0.4, 0.5) is 4.39 Å². The van der Waals surface area contributed by atoms with E-state index in [0.717, 1.165) is 15.6 Å². The summed E-state index contributed by atoms with van der Waals surface area (Å²) in [6, 6.07) is 12.6. The fraction of sp³-hybridized carbons (Fsp3) is 0.200. The maximum atomic E-state index is 12.9. The molecule has 0 aliphatic heterocycles. The molecule has 0 aliphatic rings. The van der Waals surface area contributed by atoms with Gasteiger partial charge < -0.3 is 0 Å². The zero-order valence-corrected chi connectivity index (χ0v) is 12.2. The third-order valence-corrected chi connectivity index (χ3v) is 3.66. The summed E-state index contributed by atoms with van der Waals surface area (Å²) in [6.07, 6.45) is 0.716. The number of halogens is 2. The molecule has 0 heterocycles. The van der Waals surface area contributed by atoms with Crippen molar-refractivity contribution in [3.8, 4) is 0 Å². The molecule has 0 saturated heterocycles. The van der Waals surface area contributed by atoms with Crippen molar-refractivity contribution in [3.63, 3.8) is 0 Å². The molecule has 0 aliphatic carbocycles. The molecule has 19 heavy (non-hydrogen) atoms. The van der Waals surface area contributed by atoms with Crippen LogP contribution in [0.3, 0.4) is 0 Å². The van der Waals surface area contributed by atoms with Crippen LogP contribution in [-0.4, -0.2) is 0 Å². The van der Waals surface area contributed by atoms with Crippen molar-refractivity contribution in [3.05, 3.63) is 69.4 Å². The molecular formula is C15H16BrFN2. The van der Waals surface area contributed by atoms with E-state index in [1.54, 1.807) is 12.1 Å². The molecule has 2 aromatic carbocycles. The smallest absolute Gasteiger partial charge is 0.123 e. The van der Waals surface area contributed by atoms with Gasteiger partial charge in [-0.05, 0) is 54.3 Å². The summed E-state index contributed by atoms with van der Waals surface area (Å²) >= 11 is 3.47. The molecule has 1 unspecified atom stereocenters. The lowest BCUT2D eigenvalue weighted by atomic mass is 9.96. The van der Waals surface area contributed by atoms with Gasteiger partial charge in [0.2, 0.25) is 0 Å². The average Bonchev–Trinajstić information content (AvgIpc) is 2.41. The van der Waals surface area contributed by atoms with Crippen molar-refractivity contribution in [1.82, 2.24) is 5.43 Å². The zero-order valence-electron chi connectivity index (χ0n) is 10.7. The van der Waals surface area contributed by atoms with E-state index >= 15 is 0 Å². The van der Waals surface area contributed by atoms with E-state index in [9.17, 15) is 4.39 Å². The Morgan fingerprint density at radius 3 is 2.53 bits per heavy atom. The maximum Gasteiger partial charge on any atom is 0.123 e. The van der Waals surface area contributed by atoms with Gasteiger partial charge in [0.1, 0.15) is 5.82 Å². The Balaban J connectivity index is 2.24. The maximum absolute atomic E-state index is 12.9. The van der Waals surface area contributed by atoms with E-state index in [1.165, 1.54) is 17.7 Å². The molecule has 0 saturated carbocycles. The predicted molar refractivity (Wildman–Crippen MR) is 79.0 cm³/mol. The number of nitrogens with one attached hydrogen (secondary N) is 1. The third kappa shape index (κ3) is 3.62. The number of hydrazine groups is 1. The fourth-order valence-electron chi connectivity index (χ4n) is 2.10. The molecule has 2 nitrogen and oxygen atoms in total. The van der Waals surface area contributed by atoms with E-state index in [0.29, 0.717) is 6.42 Å². The van der Waals surface area contributed by atoms with Crippen molar-refractivity contribution in [2.24, 2.45) is 5.84 Å². The molecule has 0 radical (unpaired) electrons. The van der Waals surface area contributed by atoms with Gasteiger partial charge in [-0.3, -0.25) is 11.3 Å². The molecule has 1 atom stereocenters. The SMILES string of the molecule is Cc1ccc(Br)cc1C(Cc1ccc(F)cc1)NN. The Labute approximate surface area is 120 Å². The second-order valence-electron chi connectivity index (χ2n) is 4.55. The standard InChI is InChI=1S/C15H16BrFN2/c1-10-2-5-12(16)9-14(10)15(19-18)8-11-3-6-13(17)7-4-11/h2-7,9,15,19H,8,18H2,1H3. The Morgan fingerprint density at radius 2 is 1.89 bits per heavy atom. The monoisotopic (exact) mass is 322 g/mol. The minimum Gasteiger partial charge on any atom is -0.271 e. The zero-order chi connectivity index (χ0) is 13.8. The van der Waals surface area contributed by atoms with Gasteiger partial charge in [-0.15, -0.1) is 0 Å². The van der Waals surface area contributed by atoms with Crippen LogP contribution in [0.5, 0.6) is 0 Å². The molecule has 0 aromatic heterocycles. The van der Waals surface area contributed by atoms with Crippen LogP contribution in [-0.2, 0) is 6.42 Å². The Morgan fingerprint density at radius 1 is 1.21 bits per heavy atom. The summed E-state index contributed by atoms with van der Waals surface area (Å²) in [5.74, 6) is 5.44. The van der Waals surface area contributed by atoms with Crippen LogP contribution < -0.4 is 11.3 Å². The molecule has 0 bridgehead atoms. The van der Waals surface area contributed by atoms with Gasteiger partial charge in [0.15, 0.2) is 0 Å². The number of hydrogen-bond donors (Lipinski definition) is 2. The molecular weight excluding hydrogens is 307 g/mol. The molecule has 2 aromatic rings. The summed E-state index contributed by atoms with van der Waals surface area (Å²) in [5, 5.41) is 0. The van der Waals surface area contributed by atoms with E-state index < -0.39 is 0 Å². The van der Waals surface area contributed by atoms with Gasteiger partial charge in [0, 0.05) is 4.47 Å².